The predicted molar refractivity (Wildman–Crippen MR) is 100 cm³/mol. The Morgan fingerprint density at radius 1 is 1.32 bits per heavy atom. The minimum absolute atomic E-state index is 0.00724. The molecule has 0 aromatic carbocycles. The molecule has 3 N–H and O–H groups in total. The van der Waals surface area contributed by atoms with E-state index in [1.807, 2.05) is 10.9 Å². The Morgan fingerprint density at radius 3 is 2.82 bits per heavy atom. The number of aromatic nitrogens is 2. The number of halogens is 2. The zero-order chi connectivity index (χ0) is 20.1. The molecule has 1 unspecified atom stereocenters. The highest BCUT2D eigenvalue weighted by Gasteiger charge is 2.41. The number of hydrogen-bond donors (Lipinski definition) is 2. The molecule has 1 aliphatic carbocycles. The van der Waals surface area contributed by atoms with Crippen LogP contribution in [0.3, 0.4) is 0 Å². The monoisotopic (exact) mass is 394 g/mol. The minimum atomic E-state index is -0.835. The summed E-state index contributed by atoms with van der Waals surface area (Å²) in [7, 11) is 0. The molecule has 1 aromatic heterocycles. The Balaban J connectivity index is 1.39. The van der Waals surface area contributed by atoms with E-state index < -0.39 is 17.6 Å². The first-order valence-corrected chi connectivity index (χ1v) is 9.80. The number of nitrogens with zero attached hydrogens (tertiary/aromatic N) is 3. The molecule has 0 saturated carbocycles. The van der Waals surface area contributed by atoms with Gasteiger partial charge in [0.25, 0.3) is 0 Å². The quantitative estimate of drug-likeness (QED) is 0.819. The van der Waals surface area contributed by atoms with Gasteiger partial charge in [-0.25, -0.2) is 8.78 Å². The molecule has 1 saturated heterocycles. The van der Waals surface area contributed by atoms with E-state index in [4.69, 9.17) is 10.5 Å². The standard InChI is InChI=1S/C20H28F2N4O2/c1-20(2,27)11-26-18-9-25(8-12(18)7-24-26)14-6-17(23)19(28-10-14)15-5-13(21)3-4-16(15)22/h3-4,7,14-15,17,19,27H,5-6,8-11,23H2,1-2H3/t14-,15?,17+,19-/m1/s1. The first-order chi connectivity index (χ1) is 13.2. The summed E-state index contributed by atoms with van der Waals surface area (Å²) >= 11 is 0. The van der Waals surface area contributed by atoms with Crippen LogP contribution in [-0.4, -0.2) is 50.2 Å². The Kier molecular flexibility index (Phi) is 5.16. The van der Waals surface area contributed by atoms with Crippen molar-refractivity contribution in [2.45, 2.75) is 70.1 Å². The van der Waals surface area contributed by atoms with Gasteiger partial charge in [-0.05, 0) is 32.4 Å². The van der Waals surface area contributed by atoms with E-state index in [1.165, 1.54) is 12.2 Å². The second-order valence-corrected chi connectivity index (χ2v) is 8.82. The number of nitrogens with two attached hydrogens (primary N) is 1. The lowest BCUT2D eigenvalue weighted by Crippen LogP contribution is -2.53. The molecule has 28 heavy (non-hydrogen) atoms. The van der Waals surface area contributed by atoms with Crippen molar-refractivity contribution in [1.82, 2.24) is 14.7 Å². The number of fused-ring (bicyclic) bond motifs is 1. The van der Waals surface area contributed by atoms with Gasteiger partial charge in [0.1, 0.15) is 11.7 Å². The SMILES string of the molecule is CC(C)(O)Cn1ncc2c1CN([C@H]1CO[C@H](C3CC(F)=CC=C3F)[C@@H](N)C1)C2. The first kappa shape index (κ1) is 19.7. The van der Waals surface area contributed by atoms with Gasteiger partial charge in [-0.3, -0.25) is 9.58 Å². The lowest BCUT2D eigenvalue weighted by molar-refractivity contribution is -0.0731. The van der Waals surface area contributed by atoms with E-state index in [0.29, 0.717) is 26.1 Å². The lowest BCUT2D eigenvalue weighted by Gasteiger charge is -2.41. The molecule has 0 radical (unpaired) electrons. The molecule has 4 atom stereocenters. The molecule has 2 aliphatic heterocycles. The van der Waals surface area contributed by atoms with Gasteiger partial charge in [0.2, 0.25) is 0 Å². The van der Waals surface area contributed by atoms with Crippen LogP contribution < -0.4 is 5.73 Å². The van der Waals surface area contributed by atoms with Gasteiger partial charge in [0, 0.05) is 43.1 Å². The Labute approximate surface area is 163 Å². The maximum Gasteiger partial charge on any atom is 0.106 e. The van der Waals surface area contributed by atoms with Crippen LogP contribution >= 0.6 is 0 Å². The minimum Gasteiger partial charge on any atom is -0.389 e. The molecular weight excluding hydrogens is 366 g/mol. The molecule has 0 spiro atoms. The number of hydrogen-bond acceptors (Lipinski definition) is 5. The summed E-state index contributed by atoms with van der Waals surface area (Å²) in [4.78, 5) is 2.29. The number of ether oxygens (including phenoxy) is 1. The molecule has 0 bridgehead atoms. The van der Waals surface area contributed by atoms with Crippen LogP contribution in [0.5, 0.6) is 0 Å². The van der Waals surface area contributed by atoms with Crippen molar-refractivity contribution in [3.63, 3.8) is 0 Å². The predicted octanol–water partition coefficient (Wildman–Crippen LogP) is 2.18. The average Bonchev–Trinajstić information content (AvgIpc) is 3.18. The Bertz CT molecular complexity index is 799. The fourth-order valence-corrected chi connectivity index (χ4v) is 4.47. The molecule has 6 nitrogen and oxygen atoms in total. The number of aliphatic hydroxyl groups is 1. The maximum absolute atomic E-state index is 14.2. The molecular formula is C20H28F2N4O2. The number of allylic oxidation sites excluding steroid dienone is 3. The van der Waals surface area contributed by atoms with Crippen molar-refractivity contribution < 1.29 is 18.6 Å². The average molecular weight is 394 g/mol. The van der Waals surface area contributed by atoms with Crippen molar-refractivity contribution in [2.24, 2.45) is 11.7 Å². The van der Waals surface area contributed by atoms with Crippen molar-refractivity contribution in [1.29, 1.82) is 0 Å². The zero-order valence-corrected chi connectivity index (χ0v) is 16.3. The highest BCUT2D eigenvalue weighted by molar-refractivity contribution is 5.24. The summed E-state index contributed by atoms with van der Waals surface area (Å²) in [5.74, 6) is -1.34. The van der Waals surface area contributed by atoms with E-state index >= 15 is 0 Å². The summed E-state index contributed by atoms with van der Waals surface area (Å²) < 4.78 is 35.6. The van der Waals surface area contributed by atoms with Gasteiger partial charge in [-0.15, -0.1) is 0 Å². The van der Waals surface area contributed by atoms with E-state index in [2.05, 4.69) is 10.00 Å². The van der Waals surface area contributed by atoms with Gasteiger partial charge in [0.15, 0.2) is 0 Å². The summed E-state index contributed by atoms with van der Waals surface area (Å²) in [5, 5.41) is 14.5. The van der Waals surface area contributed by atoms with E-state index in [9.17, 15) is 13.9 Å². The molecule has 1 aromatic rings. The third-order valence-corrected chi connectivity index (χ3v) is 5.85. The maximum atomic E-state index is 14.2. The van der Waals surface area contributed by atoms with Crippen LogP contribution in [0.4, 0.5) is 8.78 Å². The van der Waals surface area contributed by atoms with Crippen LogP contribution in [0, 0.1) is 5.92 Å². The van der Waals surface area contributed by atoms with Gasteiger partial charge >= 0.3 is 0 Å². The van der Waals surface area contributed by atoms with Crippen LogP contribution in [0.2, 0.25) is 0 Å². The van der Waals surface area contributed by atoms with E-state index in [-0.39, 0.29) is 30.2 Å². The van der Waals surface area contributed by atoms with Gasteiger partial charge in [-0.2, -0.15) is 5.10 Å². The van der Waals surface area contributed by atoms with Crippen LogP contribution in [0.15, 0.2) is 30.0 Å². The van der Waals surface area contributed by atoms with Gasteiger partial charge in [-0.1, -0.05) is 0 Å². The second kappa shape index (κ2) is 7.33. The summed E-state index contributed by atoms with van der Waals surface area (Å²) in [6.45, 7) is 5.87. The second-order valence-electron chi connectivity index (χ2n) is 8.82. The van der Waals surface area contributed by atoms with Crippen molar-refractivity contribution >= 4 is 0 Å². The van der Waals surface area contributed by atoms with Gasteiger partial charge in [0.05, 0.1) is 36.7 Å². The highest BCUT2D eigenvalue weighted by atomic mass is 19.1. The van der Waals surface area contributed by atoms with Crippen LogP contribution in [0.25, 0.3) is 0 Å². The molecule has 3 aliphatic rings. The largest absolute Gasteiger partial charge is 0.389 e. The Morgan fingerprint density at radius 2 is 2.11 bits per heavy atom. The third kappa shape index (κ3) is 3.91. The van der Waals surface area contributed by atoms with E-state index in [0.717, 1.165) is 17.8 Å². The van der Waals surface area contributed by atoms with Crippen LogP contribution in [0.1, 0.15) is 37.9 Å². The zero-order valence-electron chi connectivity index (χ0n) is 16.3. The van der Waals surface area contributed by atoms with Crippen LogP contribution in [-0.2, 0) is 24.4 Å². The highest BCUT2D eigenvalue weighted by Crippen LogP contribution is 2.36. The molecule has 1 fully saturated rings. The van der Waals surface area contributed by atoms with E-state index in [1.54, 1.807) is 13.8 Å². The lowest BCUT2D eigenvalue weighted by atomic mass is 9.85. The van der Waals surface area contributed by atoms with Crippen molar-refractivity contribution in [2.75, 3.05) is 6.61 Å². The molecule has 8 heteroatoms. The summed E-state index contributed by atoms with van der Waals surface area (Å²) in [6.07, 6.45) is 4.36. The smallest absolute Gasteiger partial charge is 0.106 e. The molecule has 3 heterocycles. The molecule has 4 rings (SSSR count). The normalized spacial score (nSPS) is 31.5. The Hall–Kier alpha value is -1.61. The topological polar surface area (TPSA) is 76.5 Å². The molecule has 0 amide bonds. The third-order valence-electron chi connectivity index (χ3n) is 5.85. The summed E-state index contributed by atoms with van der Waals surface area (Å²) in [5.41, 5.74) is 7.75. The van der Waals surface area contributed by atoms with Crippen molar-refractivity contribution in [3.05, 3.63) is 41.3 Å². The summed E-state index contributed by atoms with van der Waals surface area (Å²) in [6, 6.07) is -0.240. The van der Waals surface area contributed by atoms with Crippen molar-refractivity contribution in [3.8, 4) is 0 Å². The fourth-order valence-electron chi connectivity index (χ4n) is 4.47. The van der Waals surface area contributed by atoms with Gasteiger partial charge < -0.3 is 15.6 Å². The molecule has 154 valence electrons. The fraction of sp³-hybridized carbons (Fsp3) is 0.650. The number of rotatable bonds is 4. The first-order valence-electron chi connectivity index (χ1n) is 9.80.